The zero-order valence-corrected chi connectivity index (χ0v) is 7.83. The normalized spacial score (nSPS) is 49.8. The molecule has 0 amide bonds. The van der Waals surface area contributed by atoms with Crippen LogP contribution in [0.1, 0.15) is 38.5 Å². The molecule has 2 aliphatic heterocycles. The van der Waals surface area contributed by atoms with E-state index in [-0.39, 0.29) is 0 Å². The van der Waals surface area contributed by atoms with Gasteiger partial charge in [-0.25, -0.2) is 0 Å². The molecule has 3 atom stereocenters. The molecule has 74 valence electrons. The fourth-order valence-electron chi connectivity index (χ4n) is 2.60. The number of ether oxygens (including phenoxy) is 3. The van der Waals surface area contributed by atoms with Crippen LogP contribution in [0.2, 0.25) is 0 Å². The Kier molecular flexibility index (Phi) is 1.86. The molecule has 3 fully saturated rings. The molecule has 0 aromatic carbocycles. The molecule has 0 aromatic heterocycles. The van der Waals surface area contributed by atoms with Gasteiger partial charge in [-0.1, -0.05) is 12.8 Å². The Morgan fingerprint density at radius 3 is 2.15 bits per heavy atom. The van der Waals surface area contributed by atoms with Gasteiger partial charge in [0.2, 0.25) is 0 Å². The molecular formula is C10H16O3. The molecule has 2 heterocycles. The molecule has 0 N–H and O–H groups in total. The van der Waals surface area contributed by atoms with Crippen LogP contribution in [0, 0.1) is 0 Å². The fourth-order valence-corrected chi connectivity index (χ4v) is 2.60. The minimum atomic E-state index is -0.625. The van der Waals surface area contributed by atoms with Crippen LogP contribution in [0.5, 0.6) is 0 Å². The molecule has 1 spiro atoms. The summed E-state index contributed by atoms with van der Waals surface area (Å²) in [6.45, 7) is 0.791. The van der Waals surface area contributed by atoms with Crippen molar-refractivity contribution in [3.63, 3.8) is 0 Å². The molecule has 3 nitrogen and oxygen atoms in total. The predicted molar refractivity (Wildman–Crippen MR) is 46.1 cm³/mol. The standard InChI is InChI=1S/C10H16O3/c1-2-5-9-8(4-1)12-10(13-9)6-3-7-11-10/h8-9H,1-7H2/t8-,9+,10?. The quantitative estimate of drug-likeness (QED) is 0.574. The van der Waals surface area contributed by atoms with Crippen molar-refractivity contribution in [2.75, 3.05) is 6.61 Å². The average molecular weight is 184 g/mol. The zero-order chi connectivity index (χ0) is 8.73. The second kappa shape index (κ2) is 2.94. The van der Waals surface area contributed by atoms with Crippen molar-refractivity contribution in [1.29, 1.82) is 0 Å². The third-order valence-corrected chi connectivity index (χ3v) is 3.25. The van der Waals surface area contributed by atoms with E-state index in [9.17, 15) is 0 Å². The summed E-state index contributed by atoms with van der Waals surface area (Å²) < 4.78 is 17.3. The number of fused-ring (bicyclic) bond motifs is 1. The van der Waals surface area contributed by atoms with Gasteiger partial charge in [0.1, 0.15) is 0 Å². The highest BCUT2D eigenvalue weighted by molar-refractivity contribution is 4.86. The average Bonchev–Trinajstić information content (AvgIpc) is 2.72. The number of hydrogen-bond donors (Lipinski definition) is 0. The topological polar surface area (TPSA) is 27.7 Å². The van der Waals surface area contributed by atoms with Gasteiger partial charge in [0.25, 0.3) is 5.97 Å². The van der Waals surface area contributed by atoms with Crippen LogP contribution in [0.4, 0.5) is 0 Å². The Morgan fingerprint density at radius 2 is 1.62 bits per heavy atom. The van der Waals surface area contributed by atoms with E-state index in [1.54, 1.807) is 0 Å². The second-order valence-electron chi connectivity index (χ2n) is 4.23. The highest BCUT2D eigenvalue weighted by atomic mass is 16.9. The molecule has 2 saturated heterocycles. The second-order valence-corrected chi connectivity index (χ2v) is 4.23. The molecular weight excluding hydrogens is 168 g/mol. The minimum absolute atomic E-state index is 0.312. The minimum Gasteiger partial charge on any atom is -0.327 e. The van der Waals surface area contributed by atoms with E-state index in [4.69, 9.17) is 14.2 Å². The first-order valence-electron chi connectivity index (χ1n) is 5.38. The van der Waals surface area contributed by atoms with Crippen molar-refractivity contribution in [2.24, 2.45) is 0 Å². The van der Waals surface area contributed by atoms with Gasteiger partial charge in [0, 0.05) is 6.42 Å². The molecule has 1 aliphatic carbocycles. The third-order valence-electron chi connectivity index (χ3n) is 3.25. The third kappa shape index (κ3) is 1.30. The summed E-state index contributed by atoms with van der Waals surface area (Å²) in [5.74, 6) is -0.625. The molecule has 1 unspecified atom stereocenters. The number of rotatable bonds is 0. The Balaban J connectivity index is 1.74. The van der Waals surface area contributed by atoms with Crippen LogP contribution in [-0.2, 0) is 14.2 Å². The first-order chi connectivity index (χ1) is 6.38. The van der Waals surface area contributed by atoms with Crippen LogP contribution in [-0.4, -0.2) is 24.8 Å². The van der Waals surface area contributed by atoms with Crippen LogP contribution in [0.15, 0.2) is 0 Å². The van der Waals surface area contributed by atoms with Gasteiger partial charge in [-0.05, 0) is 19.3 Å². The van der Waals surface area contributed by atoms with E-state index >= 15 is 0 Å². The van der Waals surface area contributed by atoms with Crippen LogP contribution in [0.25, 0.3) is 0 Å². The van der Waals surface area contributed by atoms with Gasteiger partial charge >= 0.3 is 0 Å². The monoisotopic (exact) mass is 184 g/mol. The van der Waals surface area contributed by atoms with E-state index in [2.05, 4.69) is 0 Å². The van der Waals surface area contributed by atoms with E-state index in [0.717, 1.165) is 32.3 Å². The Hall–Kier alpha value is -0.120. The molecule has 3 heteroatoms. The maximum Gasteiger partial charge on any atom is 0.283 e. The van der Waals surface area contributed by atoms with Crippen molar-refractivity contribution in [3.05, 3.63) is 0 Å². The summed E-state index contributed by atoms with van der Waals surface area (Å²) in [6.07, 6.45) is 7.46. The maximum atomic E-state index is 5.87. The first kappa shape index (κ1) is 8.21. The van der Waals surface area contributed by atoms with Gasteiger partial charge in [-0.3, -0.25) is 0 Å². The van der Waals surface area contributed by atoms with E-state index < -0.39 is 5.97 Å². The molecule has 0 bridgehead atoms. The largest absolute Gasteiger partial charge is 0.327 e. The summed E-state index contributed by atoms with van der Waals surface area (Å²) in [5, 5.41) is 0. The lowest BCUT2D eigenvalue weighted by Gasteiger charge is -2.20. The van der Waals surface area contributed by atoms with Gasteiger partial charge < -0.3 is 14.2 Å². The molecule has 13 heavy (non-hydrogen) atoms. The van der Waals surface area contributed by atoms with Gasteiger partial charge in [0.15, 0.2) is 0 Å². The summed E-state index contributed by atoms with van der Waals surface area (Å²) >= 11 is 0. The summed E-state index contributed by atoms with van der Waals surface area (Å²) in [6, 6.07) is 0. The number of hydrogen-bond acceptors (Lipinski definition) is 3. The van der Waals surface area contributed by atoms with E-state index in [0.29, 0.717) is 12.2 Å². The van der Waals surface area contributed by atoms with Gasteiger partial charge in [-0.15, -0.1) is 0 Å². The summed E-state index contributed by atoms with van der Waals surface area (Å²) in [7, 11) is 0. The first-order valence-corrected chi connectivity index (χ1v) is 5.38. The van der Waals surface area contributed by atoms with Gasteiger partial charge in [-0.2, -0.15) is 0 Å². The Labute approximate surface area is 78.3 Å². The molecule has 0 aromatic rings. The molecule has 0 radical (unpaired) electrons. The van der Waals surface area contributed by atoms with Crippen LogP contribution in [0.3, 0.4) is 0 Å². The Bertz CT molecular complexity index is 182. The van der Waals surface area contributed by atoms with Crippen molar-refractivity contribution in [3.8, 4) is 0 Å². The molecule has 3 rings (SSSR count). The van der Waals surface area contributed by atoms with Crippen molar-refractivity contribution < 1.29 is 14.2 Å². The zero-order valence-electron chi connectivity index (χ0n) is 7.83. The van der Waals surface area contributed by atoms with Crippen LogP contribution >= 0.6 is 0 Å². The lowest BCUT2D eigenvalue weighted by Crippen LogP contribution is -2.29. The highest BCUT2D eigenvalue weighted by Crippen LogP contribution is 2.42. The smallest absolute Gasteiger partial charge is 0.283 e. The van der Waals surface area contributed by atoms with E-state index in [1.165, 1.54) is 12.8 Å². The van der Waals surface area contributed by atoms with Crippen LogP contribution < -0.4 is 0 Å². The van der Waals surface area contributed by atoms with Crippen molar-refractivity contribution in [1.82, 2.24) is 0 Å². The van der Waals surface area contributed by atoms with Crippen molar-refractivity contribution >= 4 is 0 Å². The molecule has 1 saturated carbocycles. The SMILES string of the molecule is C1CC[C@H]2OC3(CCCO3)O[C@H]2C1. The molecule has 3 aliphatic rings. The van der Waals surface area contributed by atoms with Gasteiger partial charge in [0.05, 0.1) is 18.8 Å². The predicted octanol–water partition coefficient (Wildman–Crippen LogP) is 1.81. The lowest BCUT2D eigenvalue weighted by molar-refractivity contribution is -0.318. The lowest BCUT2D eigenvalue weighted by atomic mass is 9.95. The highest BCUT2D eigenvalue weighted by Gasteiger charge is 2.51. The summed E-state index contributed by atoms with van der Waals surface area (Å²) in [5.41, 5.74) is 0. The van der Waals surface area contributed by atoms with Crippen molar-refractivity contribution in [2.45, 2.75) is 56.7 Å². The van der Waals surface area contributed by atoms with E-state index in [1.807, 2.05) is 0 Å². The fraction of sp³-hybridized carbons (Fsp3) is 1.00. The Morgan fingerprint density at radius 1 is 0.923 bits per heavy atom. The summed E-state index contributed by atoms with van der Waals surface area (Å²) in [4.78, 5) is 0. The maximum absolute atomic E-state index is 5.87.